The summed E-state index contributed by atoms with van der Waals surface area (Å²) < 4.78 is 0. The first-order valence-corrected chi connectivity index (χ1v) is 6.21. The summed E-state index contributed by atoms with van der Waals surface area (Å²) in [4.78, 5) is 5.37. The average molecular weight is 229 g/mol. The van der Waals surface area contributed by atoms with Crippen LogP contribution in [0.5, 0.6) is 0 Å². The molecule has 2 heterocycles. The Morgan fingerprint density at radius 2 is 1.94 bits per heavy atom. The summed E-state index contributed by atoms with van der Waals surface area (Å²) in [7, 11) is 5.33. The topological polar surface area (TPSA) is 12.9 Å². The molecule has 0 atom stereocenters. The SMILES string of the molecule is Cc1cncc(C)c1.[B]CCc1cccs1. The van der Waals surface area contributed by atoms with Gasteiger partial charge in [0.05, 0.1) is 7.85 Å². The maximum absolute atomic E-state index is 5.33. The van der Waals surface area contributed by atoms with Crippen LogP contribution < -0.4 is 0 Å². The van der Waals surface area contributed by atoms with Crippen LogP contribution in [0.4, 0.5) is 0 Å². The summed E-state index contributed by atoms with van der Waals surface area (Å²) in [5, 5.41) is 2.07. The molecule has 2 radical (unpaired) electrons. The zero-order valence-corrected chi connectivity index (χ0v) is 10.6. The van der Waals surface area contributed by atoms with E-state index in [1.807, 2.05) is 26.2 Å². The van der Waals surface area contributed by atoms with Crippen molar-refractivity contribution in [3.05, 3.63) is 52.0 Å². The lowest BCUT2D eigenvalue weighted by Gasteiger charge is -1.89. The van der Waals surface area contributed by atoms with Crippen molar-refractivity contribution >= 4 is 19.2 Å². The second-order valence-electron chi connectivity index (χ2n) is 3.66. The second kappa shape index (κ2) is 7.23. The monoisotopic (exact) mass is 229 g/mol. The minimum atomic E-state index is 0.764. The Kier molecular flexibility index (Phi) is 5.87. The Morgan fingerprint density at radius 1 is 1.25 bits per heavy atom. The molecule has 0 saturated carbocycles. The highest BCUT2D eigenvalue weighted by atomic mass is 32.1. The minimum absolute atomic E-state index is 0.764. The van der Waals surface area contributed by atoms with Gasteiger partial charge in [0, 0.05) is 17.3 Å². The van der Waals surface area contributed by atoms with Crippen molar-refractivity contribution in [2.45, 2.75) is 26.6 Å². The Bertz CT molecular complexity index is 381. The van der Waals surface area contributed by atoms with Crippen molar-refractivity contribution in [2.24, 2.45) is 0 Å². The fraction of sp³-hybridized carbons (Fsp3) is 0.308. The van der Waals surface area contributed by atoms with E-state index >= 15 is 0 Å². The number of pyridine rings is 1. The molecule has 82 valence electrons. The normalized spacial score (nSPS) is 9.38. The van der Waals surface area contributed by atoms with Crippen LogP contribution in [0.25, 0.3) is 0 Å². The van der Waals surface area contributed by atoms with E-state index in [-0.39, 0.29) is 0 Å². The molecule has 2 rings (SSSR count). The fourth-order valence-electron chi connectivity index (χ4n) is 1.30. The van der Waals surface area contributed by atoms with Crippen LogP contribution in [-0.4, -0.2) is 12.8 Å². The van der Waals surface area contributed by atoms with Gasteiger partial charge in [-0.15, -0.1) is 11.3 Å². The van der Waals surface area contributed by atoms with Crippen LogP contribution in [0.1, 0.15) is 16.0 Å². The predicted octanol–water partition coefficient (Wildman–Crippen LogP) is 3.58. The molecule has 0 aromatic carbocycles. The Labute approximate surface area is 103 Å². The quantitative estimate of drug-likeness (QED) is 0.717. The van der Waals surface area contributed by atoms with Crippen molar-refractivity contribution in [2.75, 3.05) is 0 Å². The number of rotatable bonds is 2. The van der Waals surface area contributed by atoms with Crippen LogP contribution >= 0.6 is 11.3 Å². The smallest absolute Gasteiger partial charge is 0.0657 e. The van der Waals surface area contributed by atoms with Crippen molar-refractivity contribution in [1.29, 1.82) is 0 Å². The van der Waals surface area contributed by atoms with E-state index in [1.165, 1.54) is 16.0 Å². The summed E-state index contributed by atoms with van der Waals surface area (Å²) in [6, 6.07) is 6.26. The zero-order chi connectivity index (χ0) is 11.8. The van der Waals surface area contributed by atoms with E-state index in [4.69, 9.17) is 7.85 Å². The molecule has 3 heteroatoms. The molecule has 0 unspecified atom stereocenters. The lowest BCUT2D eigenvalue weighted by Crippen LogP contribution is -1.76. The Balaban J connectivity index is 0.000000160. The molecule has 1 nitrogen and oxygen atoms in total. The first kappa shape index (κ1) is 13.0. The van der Waals surface area contributed by atoms with Gasteiger partial charge in [-0.25, -0.2) is 0 Å². The van der Waals surface area contributed by atoms with E-state index < -0.39 is 0 Å². The predicted molar refractivity (Wildman–Crippen MR) is 72.3 cm³/mol. The highest BCUT2D eigenvalue weighted by Gasteiger charge is 1.87. The van der Waals surface area contributed by atoms with Crippen LogP contribution in [0.2, 0.25) is 6.32 Å². The third-order valence-electron chi connectivity index (χ3n) is 1.98. The first-order chi connectivity index (χ1) is 7.72. The highest BCUT2D eigenvalue weighted by Crippen LogP contribution is 2.09. The van der Waals surface area contributed by atoms with Crippen molar-refractivity contribution in [1.82, 2.24) is 4.98 Å². The second-order valence-corrected chi connectivity index (χ2v) is 4.69. The van der Waals surface area contributed by atoms with Gasteiger partial charge in [-0.1, -0.05) is 18.5 Å². The van der Waals surface area contributed by atoms with Gasteiger partial charge in [-0.05, 0) is 42.8 Å². The molecule has 0 spiro atoms. The number of hydrogen-bond donors (Lipinski definition) is 0. The number of thiophene rings is 1. The van der Waals surface area contributed by atoms with E-state index in [1.54, 1.807) is 11.3 Å². The zero-order valence-electron chi connectivity index (χ0n) is 9.81. The molecule has 0 saturated heterocycles. The molecule has 16 heavy (non-hydrogen) atoms. The lowest BCUT2D eigenvalue weighted by atomic mass is 10.0. The number of aromatic nitrogens is 1. The van der Waals surface area contributed by atoms with Gasteiger partial charge in [0.1, 0.15) is 0 Å². The van der Waals surface area contributed by atoms with Gasteiger partial charge >= 0.3 is 0 Å². The molecule has 0 aliphatic rings. The van der Waals surface area contributed by atoms with Crippen molar-refractivity contribution in [3.8, 4) is 0 Å². The van der Waals surface area contributed by atoms with Crippen LogP contribution in [0.3, 0.4) is 0 Å². The summed E-state index contributed by atoms with van der Waals surface area (Å²) in [6.45, 7) is 4.08. The Morgan fingerprint density at radius 3 is 2.31 bits per heavy atom. The maximum atomic E-state index is 5.33. The van der Waals surface area contributed by atoms with Gasteiger partial charge in [-0.2, -0.15) is 0 Å². The molecule has 0 amide bonds. The number of aryl methyl sites for hydroxylation is 3. The molecular weight excluding hydrogens is 213 g/mol. The van der Waals surface area contributed by atoms with Gasteiger partial charge in [0.2, 0.25) is 0 Å². The summed E-state index contributed by atoms with van der Waals surface area (Å²) in [6.07, 6.45) is 5.50. The molecule has 0 aliphatic carbocycles. The number of hydrogen-bond acceptors (Lipinski definition) is 2. The average Bonchev–Trinajstić information content (AvgIpc) is 2.71. The maximum Gasteiger partial charge on any atom is 0.0657 e. The third kappa shape index (κ3) is 5.12. The van der Waals surface area contributed by atoms with E-state index in [2.05, 4.69) is 28.6 Å². The minimum Gasteiger partial charge on any atom is -0.264 e. The molecule has 0 fully saturated rings. The first-order valence-electron chi connectivity index (χ1n) is 5.33. The third-order valence-corrected chi connectivity index (χ3v) is 2.92. The van der Waals surface area contributed by atoms with Gasteiger partial charge in [0.15, 0.2) is 0 Å². The van der Waals surface area contributed by atoms with Crippen molar-refractivity contribution < 1.29 is 0 Å². The van der Waals surface area contributed by atoms with E-state index in [0.29, 0.717) is 0 Å². The van der Waals surface area contributed by atoms with Gasteiger partial charge in [0.25, 0.3) is 0 Å². The molecule has 0 aliphatic heterocycles. The molecule has 0 bridgehead atoms. The standard InChI is InChI=1S/C7H9N.C6H7BS/c1-6-3-7(2)5-8-4-6;7-4-3-6-2-1-5-8-6/h3-5H,1-2H3;1-2,5H,3-4H2. The summed E-state index contributed by atoms with van der Waals surface area (Å²) >= 11 is 1.77. The van der Waals surface area contributed by atoms with Crippen molar-refractivity contribution in [3.63, 3.8) is 0 Å². The lowest BCUT2D eigenvalue weighted by molar-refractivity contribution is 1.18. The number of nitrogens with zero attached hydrogens (tertiary/aromatic N) is 1. The van der Waals surface area contributed by atoms with Crippen LogP contribution in [-0.2, 0) is 6.42 Å². The summed E-state index contributed by atoms with van der Waals surface area (Å²) in [5.74, 6) is 0. The molecule has 0 N–H and O–H groups in total. The van der Waals surface area contributed by atoms with Gasteiger partial charge in [-0.3, -0.25) is 4.98 Å². The van der Waals surface area contributed by atoms with Crippen LogP contribution in [0, 0.1) is 13.8 Å². The Hall–Kier alpha value is -1.09. The van der Waals surface area contributed by atoms with Gasteiger partial charge < -0.3 is 0 Å². The summed E-state index contributed by atoms with van der Waals surface area (Å²) in [5.41, 5.74) is 2.45. The van der Waals surface area contributed by atoms with E-state index in [9.17, 15) is 0 Å². The highest BCUT2D eigenvalue weighted by molar-refractivity contribution is 7.09. The molecular formula is C13H16BNS. The molecule has 2 aromatic heterocycles. The van der Waals surface area contributed by atoms with Crippen LogP contribution in [0.15, 0.2) is 36.0 Å². The molecule has 2 aromatic rings. The fourth-order valence-corrected chi connectivity index (χ4v) is 2.03. The largest absolute Gasteiger partial charge is 0.264 e. The van der Waals surface area contributed by atoms with E-state index in [0.717, 1.165) is 12.7 Å².